The quantitative estimate of drug-likeness (QED) is 0.563. The van der Waals surface area contributed by atoms with E-state index >= 15 is 0 Å². The summed E-state index contributed by atoms with van der Waals surface area (Å²) in [5, 5.41) is 10.1. The van der Waals surface area contributed by atoms with Gasteiger partial charge in [-0.3, -0.25) is 9.69 Å². The number of β-lactam (4-membered cyclic amide) rings is 1. The Morgan fingerprint density at radius 3 is 2.79 bits per heavy atom. The second-order valence-electron chi connectivity index (χ2n) is 7.02. The lowest BCUT2D eigenvalue weighted by Gasteiger charge is -2.49. The molecule has 4 rings (SSSR count). The number of fused-ring (bicyclic) bond motifs is 2. The summed E-state index contributed by atoms with van der Waals surface area (Å²) >= 11 is 1.45. The van der Waals surface area contributed by atoms with Crippen molar-refractivity contribution in [3.8, 4) is 5.75 Å². The molecule has 0 bridgehead atoms. The number of hydrogen-bond donors (Lipinski definition) is 1. The smallest absolute Gasteiger partial charge is 0.352 e. The van der Waals surface area contributed by atoms with Crippen molar-refractivity contribution in [2.75, 3.05) is 12.4 Å². The molecule has 0 saturated carbocycles. The number of amides is 1. The maximum absolute atomic E-state index is 12.5. The van der Waals surface area contributed by atoms with Gasteiger partial charge in [0.15, 0.2) is 6.10 Å². The largest absolute Gasteiger partial charge is 0.489 e. The molecule has 1 amide bonds. The van der Waals surface area contributed by atoms with Gasteiger partial charge in [-0.2, -0.15) is 0 Å². The zero-order chi connectivity index (χ0) is 20.7. The van der Waals surface area contributed by atoms with Crippen LogP contribution in [0.15, 0.2) is 50.8 Å². The number of carboxylic acid groups (broad SMARTS) is 1. The summed E-state index contributed by atoms with van der Waals surface area (Å²) in [5.41, 5.74) is 0.376. The maximum atomic E-state index is 12.5. The van der Waals surface area contributed by atoms with Crippen LogP contribution < -0.4 is 10.4 Å². The molecule has 0 unspecified atom stereocenters. The van der Waals surface area contributed by atoms with Gasteiger partial charge < -0.3 is 19.0 Å². The number of carbonyl (C=O) groups excluding carboxylic acids is 1. The molecule has 2 aliphatic rings. The molecule has 152 valence electrons. The van der Waals surface area contributed by atoms with Crippen LogP contribution in [0.5, 0.6) is 5.75 Å². The van der Waals surface area contributed by atoms with Crippen molar-refractivity contribution < 1.29 is 28.6 Å². The van der Waals surface area contributed by atoms with E-state index in [-0.39, 0.29) is 29.7 Å². The highest BCUT2D eigenvalue weighted by Crippen LogP contribution is 2.42. The summed E-state index contributed by atoms with van der Waals surface area (Å²) in [4.78, 5) is 37.0. The van der Waals surface area contributed by atoms with Crippen molar-refractivity contribution in [1.29, 1.82) is 0 Å². The second-order valence-corrected chi connectivity index (χ2v) is 8.12. The number of aliphatic carboxylic acids is 1. The van der Waals surface area contributed by atoms with Gasteiger partial charge in [-0.1, -0.05) is 0 Å². The monoisotopic (exact) mass is 417 g/mol. The number of hydrogen-bond acceptors (Lipinski definition) is 7. The lowest BCUT2D eigenvalue weighted by molar-refractivity contribution is -0.169. The van der Waals surface area contributed by atoms with Crippen LogP contribution in [0.1, 0.15) is 13.8 Å². The zero-order valence-electron chi connectivity index (χ0n) is 15.8. The van der Waals surface area contributed by atoms with E-state index in [1.807, 2.05) is 13.8 Å². The molecule has 9 heteroatoms. The molecule has 3 heterocycles. The highest BCUT2D eigenvalue weighted by atomic mass is 32.2. The number of carbonyl (C=O) groups is 2. The van der Waals surface area contributed by atoms with E-state index in [0.29, 0.717) is 22.7 Å². The molecule has 0 spiro atoms. The molecule has 29 heavy (non-hydrogen) atoms. The molecule has 0 aliphatic carbocycles. The molecular weight excluding hydrogens is 398 g/mol. The number of nitrogens with zero attached hydrogens (tertiary/aromatic N) is 1. The van der Waals surface area contributed by atoms with Crippen LogP contribution in [0.4, 0.5) is 0 Å². The lowest BCUT2D eigenvalue weighted by Crippen LogP contribution is -2.66. The van der Waals surface area contributed by atoms with Crippen LogP contribution in [0.25, 0.3) is 11.0 Å². The predicted octanol–water partition coefficient (Wildman–Crippen LogP) is 2.22. The van der Waals surface area contributed by atoms with Gasteiger partial charge in [0.2, 0.25) is 0 Å². The highest BCUT2D eigenvalue weighted by Gasteiger charge is 2.54. The van der Waals surface area contributed by atoms with Gasteiger partial charge in [-0.15, -0.1) is 11.8 Å². The molecule has 2 atom stereocenters. The normalized spacial score (nSPS) is 21.3. The van der Waals surface area contributed by atoms with Crippen LogP contribution in [-0.2, 0) is 14.3 Å². The first-order valence-corrected chi connectivity index (χ1v) is 10.1. The van der Waals surface area contributed by atoms with E-state index in [9.17, 15) is 19.5 Å². The Bertz CT molecular complexity index is 1070. The molecule has 1 aromatic carbocycles. The van der Waals surface area contributed by atoms with Crippen molar-refractivity contribution in [1.82, 2.24) is 4.90 Å². The first-order valence-electron chi connectivity index (χ1n) is 9.07. The first kappa shape index (κ1) is 19.5. The van der Waals surface area contributed by atoms with Crippen molar-refractivity contribution in [2.24, 2.45) is 0 Å². The number of carboxylic acids is 1. The lowest BCUT2D eigenvalue weighted by atomic mass is 10.1. The second kappa shape index (κ2) is 7.57. The fraction of sp³-hybridized carbons (Fsp3) is 0.350. The topological polar surface area (TPSA) is 106 Å². The molecule has 2 aliphatic heterocycles. The summed E-state index contributed by atoms with van der Waals surface area (Å²) < 4.78 is 16.5. The van der Waals surface area contributed by atoms with E-state index in [1.54, 1.807) is 24.3 Å². The van der Waals surface area contributed by atoms with Crippen molar-refractivity contribution in [3.63, 3.8) is 0 Å². The molecule has 8 nitrogen and oxygen atoms in total. The summed E-state index contributed by atoms with van der Waals surface area (Å²) in [7, 11) is 0. The standard InChI is InChI=1S/C20H19NO7S/c1-10(2)27-17-18(23)21-16(20(24)25)12(9-29-19(17)21)8-26-13-5-3-11-4-6-15(22)28-14(11)7-13/h3-7,10,17,19H,8-9H2,1-2H3,(H,24,25)/t17-,19+/m0/s1. The van der Waals surface area contributed by atoms with Gasteiger partial charge in [0.05, 0.1) is 6.10 Å². The third-order valence-corrected chi connectivity index (χ3v) is 5.94. The van der Waals surface area contributed by atoms with Crippen LogP contribution in [0.2, 0.25) is 0 Å². The Morgan fingerprint density at radius 1 is 1.31 bits per heavy atom. The fourth-order valence-electron chi connectivity index (χ4n) is 3.35. The average molecular weight is 417 g/mol. The maximum Gasteiger partial charge on any atom is 0.352 e. The molecule has 1 fully saturated rings. The van der Waals surface area contributed by atoms with E-state index < -0.39 is 17.7 Å². The van der Waals surface area contributed by atoms with Crippen molar-refractivity contribution in [3.05, 3.63) is 52.0 Å². The molecular formula is C20H19NO7S. The van der Waals surface area contributed by atoms with E-state index in [0.717, 1.165) is 5.39 Å². The Morgan fingerprint density at radius 2 is 2.07 bits per heavy atom. The Hall–Kier alpha value is -2.78. The molecule has 1 aromatic heterocycles. The SMILES string of the molecule is CC(C)O[C@H]1C(=O)N2C(C(=O)O)=C(COc3ccc4ccc(=O)oc4c3)CS[C@H]12. The van der Waals surface area contributed by atoms with Gasteiger partial charge in [0.25, 0.3) is 5.91 Å². The van der Waals surface area contributed by atoms with Gasteiger partial charge >= 0.3 is 11.6 Å². The fourth-order valence-corrected chi connectivity index (χ4v) is 4.65. The van der Waals surface area contributed by atoms with Gasteiger partial charge in [0.1, 0.15) is 29.0 Å². The number of rotatable bonds is 6. The van der Waals surface area contributed by atoms with Crippen molar-refractivity contribution in [2.45, 2.75) is 31.4 Å². The van der Waals surface area contributed by atoms with E-state index in [1.165, 1.54) is 22.7 Å². The summed E-state index contributed by atoms with van der Waals surface area (Å²) in [6.07, 6.45) is -0.748. The summed E-state index contributed by atoms with van der Waals surface area (Å²) in [6, 6.07) is 8.03. The Labute approximate surface area is 170 Å². The van der Waals surface area contributed by atoms with Gasteiger partial charge in [-0.05, 0) is 32.0 Å². The average Bonchev–Trinajstić information content (AvgIpc) is 2.69. The number of benzene rings is 1. The summed E-state index contributed by atoms with van der Waals surface area (Å²) in [5.74, 6) is -0.670. The van der Waals surface area contributed by atoms with E-state index in [2.05, 4.69) is 0 Å². The number of ether oxygens (including phenoxy) is 2. The zero-order valence-corrected chi connectivity index (χ0v) is 16.6. The van der Waals surface area contributed by atoms with Crippen LogP contribution in [0, 0.1) is 0 Å². The number of thioether (sulfide) groups is 1. The molecule has 2 aromatic rings. The highest BCUT2D eigenvalue weighted by molar-refractivity contribution is 8.00. The van der Waals surface area contributed by atoms with Crippen molar-refractivity contribution >= 4 is 34.6 Å². The Kier molecular flexibility index (Phi) is 5.10. The third-order valence-electron chi connectivity index (χ3n) is 4.63. The van der Waals surface area contributed by atoms with Gasteiger partial charge in [-0.25, -0.2) is 9.59 Å². The van der Waals surface area contributed by atoms with Crippen LogP contribution in [-0.4, -0.2) is 51.8 Å². The summed E-state index contributed by atoms with van der Waals surface area (Å²) in [6.45, 7) is 3.67. The predicted molar refractivity (Wildman–Crippen MR) is 106 cm³/mol. The molecule has 1 saturated heterocycles. The molecule has 1 N–H and O–H groups in total. The molecule has 0 radical (unpaired) electrons. The van der Waals surface area contributed by atoms with Crippen LogP contribution in [0.3, 0.4) is 0 Å². The minimum absolute atomic E-state index is 0.00338. The van der Waals surface area contributed by atoms with E-state index in [4.69, 9.17) is 13.9 Å². The third kappa shape index (κ3) is 3.63. The minimum atomic E-state index is -1.17. The van der Waals surface area contributed by atoms with Crippen LogP contribution >= 0.6 is 11.8 Å². The van der Waals surface area contributed by atoms with Gasteiger partial charge in [0, 0.05) is 28.8 Å². The minimum Gasteiger partial charge on any atom is -0.489 e. The first-order chi connectivity index (χ1) is 13.8. The Balaban J connectivity index is 1.55.